The third-order valence-electron chi connectivity index (χ3n) is 4.24. The van der Waals surface area contributed by atoms with Gasteiger partial charge >= 0.3 is 0 Å². The molecule has 1 atom stereocenters. The van der Waals surface area contributed by atoms with Crippen molar-refractivity contribution in [2.75, 3.05) is 24.6 Å². The van der Waals surface area contributed by atoms with Gasteiger partial charge in [-0.3, -0.25) is 4.79 Å². The molecule has 28 heavy (non-hydrogen) atoms. The number of carbonyl (C=O) groups excluding carboxylic acids is 1. The number of halogens is 2. The monoisotopic (exact) mass is 526 g/mol. The fraction of sp³-hybridized carbons (Fsp3) is 0.556. The van der Waals surface area contributed by atoms with Crippen molar-refractivity contribution < 1.29 is 17.6 Å². The summed E-state index contributed by atoms with van der Waals surface area (Å²) in [6, 6.07) is 4.72. The van der Waals surface area contributed by atoms with Gasteiger partial charge in [0.1, 0.15) is 5.82 Å². The highest BCUT2D eigenvalue weighted by molar-refractivity contribution is 14.0. The van der Waals surface area contributed by atoms with Crippen LogP contribution in [0, 0.1) is 12.7 Å². The van der Waals surface area contributed by atoms with Gasteiger partial charge in [0.05, 0.1) is 18.1 Å². The first kappa shape index (κ1) is 24.6. The van der Waals surface area contributed by atoms with Crippen LogP contribution in [0.3, 0.4) is 0 Å². The average molecular weight is 526 g/mol. The van der Waals surface area contributed by atoms with Crippen molar-refractivity contribution in [2.24, 2.45) is 4.99 Å². The Hall–Kier alpha value is -1.43. The van der Waals surface area contributed by atoms with Gasteiger partial charge in [0.25, 0.3) is 0 Å². The summed E-state index contributed by atoms with van der Waals surface area (Å²) in [5.74, 6) is 0.234. The van der Waals surface area contributed by atoms with Crippen molar-refractivity contribution in [3.05, 3.63) is 35.1 Å². The third kappa shape index (κ3) is 8.29. The largest absolute Gasteiger partial charge is 0.357 e. The topological polar surface area (TPSA) is 99.7 Å². The first-order chi connectivity index (χ1) is 12.8. The molecule has 0 spiro atoms. The van der Waals surface area contributed by atoms with Crippen LogP contribution in [-0.4, -0.2) is 50.9 Å². The molecule has 1 fully saturated rings. The number of nitrogens with one attached hydrogen (secondary N) is 3. The van der Waals surface area contributed by atoms with E-state index in [2.05, 4.69) is 20.9 Å². The van der Waals surface area contributed by atoms with Crippen LogP contribution in [0.1, 0.15) is 30.9 Å². The molecule has 0 saturated carbocycles. The highest BCUT2D eigenvalue weighted by Gasteiger charge is 2.28. The Morgan fingerprint density at radius 3 is 2.68 bits per heavy atom. The predicted molar refractivity (Wildman–Crippen MR) is 119 cm³/mol. The van der Waals surface area contributed by atoms with Crippen molar-refractivity contribution in [3.63, 3.8) is 0 Å². The van der Waals surface area contributed by atoms with E-state index in [9.17, 15) is 17.6 Å². The summed E-state index contributed by atoms with van der Waals surface area (Å²) >= 11 is 0. The highest BCUT2D eigenvalue weighted by atomic mass is 127. The Labute approximate surface area is 182 Å². The van der Waals surface area contributed by atoms with Gasteiger partial charge in [0, 0.05) is 25.6 Å². The molecule has 3 N–H and O–H groups in total. The summed E-state index contributed by atoms with van der Waals surface area (Å²) in [5, 5.41) is 8.88. The fourth-order valence-corrected chi connectivity index (χ4v) is 4.42. The number of carbonyl (C=O) groups is 1. The Kier molecular flexibility index (Phi) is 10.1. The number of hydrogen-bond acceptors (Lipinski definition) is 4. The molecule has 1 aliphatic heterocycles. The quantitative estimate of drug-likeness (QED) is 0.284. The number of sulfone groups is 1. The van der Waals surface area contributed by atoms with Gasteiger partial charge in [0.2, 0.25) is 5.91 Å². The maximum absolute atomic E-state index is 13.6. The van der Waals surface area contributed by atoms with Gasteiger partial charge in [-0.2, -0.15) is 0 Å². The summed E-state index contributed by atoms with van der Waals surface area (Å²) in [6.07, 6.45) is 0.679. The molecule has 158 valence electrons. The van der Waals surface area contributed by atoms with Crippen LogP contribution >= 0.6 is 24.0 Å². The number of rotatable bonds is 7. The van der Waals surface area contributed by atoms with Gasteiger partial charge in [-0.05, 0) is 37.5 Å². The lowest BCUT2D eigenvalue weighted by atomic mass is 10.1. The second kappa shape index (κ2) is 11.5. The maximum Gasteiger partial charge on any atom is 0.222 e. The lowest BCUT2D eigenvalue weighted by molar-refractivity contribution is -0.121. The van der Waals surface area contributed by atoms with Crippen molar-refractivity contribution in [1.82, 2.24) is 16.0 Å². The average Bonchev–Trinajstić information content (AvgIpc) is 2.94. The molecular formula is C18H28FIN4O3S. The molecule has 1 heterocycles. The summed E-state index contributed by atoms with van der Waals surface area (Å²) in [6.45, 7) is 4.97. The Balaban J connectivity index is 0.00000392. The smallest absolute Gasteiger partial charge is 0.222 e. The first-order valence-electron chi connectivity index (χ1n) is 9.06. The Bertz CT molecular complexity index is 802. The molecule has 0 bridgehead atoms. The summed E-state index contributed by atoms with van der Waals surface area (Å²) < 4.78 is 36.4. The molecule has 0 aliphatic carbocycles. The van der Waals surface area contributed by atoms with Crippen LogP contribution < -0.4 is 16.0 Å². The molecule has 1 aromatic rings. The third-order valence-corrected chi connectivity index (χ3v) is 6.01. The Morgan fingerprint density at radius 2 is 2.07 bits per heavy atom. The molecule has 1 amide bonds. The zero-order valence-corrected chi connectivity index (χ0v) is 19.3. The van der Waals surface area contributed by atoms with Crippen LogP contribution in [0.2, 0.25) is 0 Å². The highest BCUT2D eigenvalue weighted by Crippen LogP contribution is 2.11. The number of amides is 1. The number of aryl methyl sites for hydroxylation is 1. The SMILES string of the molecule is CCNC(=NCc1ccc(C)c(F)c1)NCCC(=O)NC1CCS(=O)(=O)C1.I. The van der Waals surface area contributed by atoms with E-state index in [1.165, 1.54) is 6.07 Å². The van der Waals surface area contributed by atoms with Crippen LogP contribution in [0.15, 0.2) is 23.2 Å². The van der Waals surface area contributed by atoms with Crippen molar-refractivity contribution in [1.29, 1.82) is 0 Å². The molecule has 1 saturated heterocycles. The second-order valence-corrected chi connectivity index (χ2v) is 8.85. The normalized spacial score (nSPS) is 18.2. The number of aliphatic imine (C=N–C) groups is 1. The van der Waals surface area contributed by atoms with Crippen LogP contribution in [0.5, 0.6) is 0 Å². The van der Waals surface area contributed by atoms with Crippen LogP contribution in [-0.2, 0) is 21.2 Å². The number of guanidine groups is 1. The number of benzene rings is 1. The first-order valence-corrected chi connectivity index (χ1v) is 10.9. The van der Waals surface area contributed by atoms with Crippen LogP contribution in [0.4, 0.5) is 4.39 Å². The predicted octanol–water partition coefficient (Wildman–Crippen LogP) is 1.50. The van der Waals surface area contributed by atoms with Crippen molar-refractivity contribution >= 4 is 45.7 Å². The maximum atomic E-state index is 13.6. The van der Waals surface area contributed by atoms with E-state index in [0.717, 1.165) is 5.56 Å². The molecule has 2 rings (SSSR count). The molecule has 7 nitrogen and oxygen atoms in total. The molecule has 1 unspecified atom stereocenters. The van der Waals surface area contributed by atoms with Gasteiger partial charge in [-0.1, -0.05) is 12.1 Å². The Morgan fingerprint density at radius 1 is 1.32 bits per heavy atom. The zero-order chi connectivity index (χ0) is 19.9. The van der Waals surface area contributed by atoms with E-state index in [4.69, 9.17) is 0 Å². The summed E-state index contributed by atoms with van der Waals surface area (Å²) in [5.41, 5.74) is 1.35. The van der Waals surface area contributed by atoms with E-state index in [-0.39, 0.29) is 59.7 Å². The van der Waals surface area contributed by atoms with Gasteiger partial charge in [-0.25, -0.2) is 17.8 Å². The molecular weight excluding hydrogens is 498 g/mol. The van der Waals surface area contributed by atoms with E-state index < -0.39 is 9.84 Å². The minimum absolute atomic E-state index is 0. The number of nitrogens with zero attached hydrogens (tertiary/aromatic N) is 1. The molecule has 0 radical (unpaired) electrons. The van der Waals surface area contributed by atoms with Crippen LogP contribution in [0.25, 0.3) is 0 Å². The van der Waals surface area contributed by atoms with Crippen molar-refractivity contribution in [3.8, 4) is 0 Å². The van der Waals surface area contributed by atoms with Crippen molar-refractivity contribution in [2.45, 2.75) is 39.3 Å². The lowest BCUT2D eigenvalue weighted by Gasteiger charge is -2.13. The molecule has 1 aliphatic rings. The van der Waals surface area contributed by atoms with Gasteiger partial charge in [0.15, 0.2) is 15.8 Å². The molecule has 10 heteroatoms. The van der Waals surface area contributed by atoms with E-state index in [0.29, 0.717) is 37.6 Å². The summed E-state index contributed by atoms with van der Waals surface area (Å²) in [4.78, 5) is 16.3. The zero-order valence-electron chi connectivity index (χ0n) is 16.1. The minimum atomic E-state index is -3.01. The van der Waals surface area contributed by atoms with E-state index in [1.54, 1.807) is 13.0 Å². The fourth-order valence-electron chi connectivity index (χ4n) is 2.75. The second-order valence-electron chi connectivity index (χ2n) is 6.62. The van der Waals surface area contributed by atoms with Gasteiger partial charge < -0.3 is 16.0 Å². The number of hydrogen-bond donors (Lipinski definition) is 3. The van der Waals surface area contributed by atoms with E-state index in [1.807, 2.05) is 13.0 Å². The summed E-state index contributed by atoms with van der Waals surface area (Å²) in [7, 11) is -3.01. The standard InChI is InChI=1S/C18H27FN4O3S.HI/c1-3-20-18(22-11-14-5-4-13(2)16(19)10-14)21-8-6-17(24)23-15-7-9-27(25,26)12-15;/h4-5,10,15H,3,6-9,11-12H2,1-2H3,(H,23,24)(H2,20,21,22);1H. The van der Waals surface area contributed by atoms with Gasteiger partial charge in [-0.15, -0.1) is 24.0 Å². The lowest BCUT2D eigenvalue weighted by Crippen LogP contribution is -2.41. The minimum Gasteiger partial charge on any atom is -0.357 e. The molecule has 0 aromatic heterocycles. The van der Waals surface area contributed by atoms with E-state index >= 15 is 0 Å². The molecule has 1 aromatic carbocycles.